The molecule has 0 spiro atoms. The summed E-state index contributed by atoms with van der Waals surface area (Å²) in [5.74, 6) is 0. The van der Waals surface area contributed by atoms with Gasteiger partial charge in [0.05, 0.1) is 16.4 Å². The number of aromatic nitrogens is 1. The average Bonchev–Trinajstić information content (AvgIpc) is 3.79. The summed E-state index contributed by atoms with van der Waals surface area (Å²) in [4.78, 5) is 2.39. The quantitative estimate of drug-likeness (QED) is 0.159. The van der Waals surface area contributed by atoms with Gasteiger partial charge in [-0.05, 0) is 99.1 Å². The van der Waals surface area contributed by atoms with Crippen molar-refractivity contribution in [1.29, 1.82) is 0 Å². The molecule has 1 aliphatic rings. The Bertz CT molecular complexity index is 3010. The molecular weight excluding hydrogens is 689 g/mol. The number of anilines is 3. The normalized spacial score (nSPS) is 12.7. The number of benzene rings is 9. The van der Waals surface area contributed by atoms with Crippen molar-refractivity contribution < 1.29 is 0 Å². The van der Waals surface area contributed by atoms with E-state index < -0.39 is 5.41 Å². The molecule has 0 radical (unpaired) electrons. The van der Waals surface area contributed by atoms with E-state index in [4.69, 9.17) is 0 Å². The van der Waals surface area contributed by atoms with Gasteiger partial charge >= 0.3 is 0 Å². The maximum absolute atomic E-state index is 2.50. The number of rotatable bonds is 7. The van der Waals surface area contributed by atoms with Crippen molar-refractivity contribution in [2.45, 2.75) is 5.41 Å². The molecule has 0 amide bonds. The molecule has 10 aromatic rings. The first-order valence-electron chi connectivity index (χ1n) is 19.7. The Balaban J connectivity index is 1.22. The fraction of sp³-hybridized carbons (Fsp3) is 0.0182. The van der Waals surface area contributed by atoms with Crippen LogP contribution in [0.5, 0.6) is 0 Å². The van der Waals surface area contributed by atoms with Crippen LogP contribution in [0, 0.1) is 0 Å². The summed E-state index contributed by atoms with van der Waals surface area (Å²) in [6.45, 7) is 0. The van der Waals surface area contributed by atoms with E-state index in [1.165, 1.54) is 66.3 Å². The Morgan fingerprint density at radius 1 is 0.351 bits per heavy atom. The van der Waals surface area contributed by atoms with Crippen LogP contribution in [0.1, 0.15) is 22.3 Å². The van der Waals surface area contributed by atoms with Crippen LogP contribution in [0.4, 0.5) is 17.1 Å². The fourth-order valence-electron chi connectivity index (χ4n) is 9.50. The third-order valence-electron chi connectivity index (χ3n) is 11.8. The minimum absolute atomic E-state index is 0.550. The van der Waals surface area contributed by atoms with Crippen molar-refractivity contribution in [1.82, 2.24) is 4.57 Å². The Hall–Kier alpha value is -7.42. The molecule has 0 saturated heterocycles. The molecule has 268 valence electrons. The molecule has 0 bridgehead atoms. The van der Waals surface area contributed by atoms with E-state index in [0.29, 0.717) is 0 Å². The van der Waals surface area contributed by atoms with Gasteiger partial charge in [0.2, 0.25) is 0 Å². The van der Waals surface area contributed by atoms with Crippen molar-refractivity contribution >= 4 is 38.9 Å². The highest BCUT2D eigenvalue weighted by Gasteiger charge is 2.47. The zero-order valence-electron chi connectivity index (χ0n) is 31.3. The van der Waals surface area contributed by atoms with Crippen LogP contribution in [0.15, 0.2) is 231 Å². The molecular formula is C55H38N2. The molecule has 2 nitrogen and oxygen atoms in total. The second-order valence-electron chi connectivity index (χ2n) is 14.9. The molecule has 11 rings (SSSR count). The number of hydrogen-bond acceptors (Lipinski definition) is 1. The van der Waals surface area contributed by atoms with E-state index >= 15 is 0 Å². The van der Waals surface area contributed by atoms with Crippen LogP contribution < -0.4 is 4.90 Å². The summed E-state index contributed by atoms with van der Waals surface area (Å²) in [5.41, 5.74) is 16.4. The van der Waals surface area contributed by atoms with Gasteiger partial charge in [0.15, 0.2) is 0 Å². The molecule has 57 heavy (non-hydrogen) atoms. The smallest absolute Gasteiger partial charge is 0.0734 e. The third-order valence-corrected chi connectivity index (χ3v) is 11.8. The van der Waals surface area contributed by atoms with Gasteiger partial charge in [-0.15, -0.1) is 0 Å². The summed E-state index contributed by atoms with van der Waals surface area (Å²) in [6.07, 6.45) is 0. The van der Waals surface area contributed by atoms with Crippen LogP contribution in [0.3, 0.4) is 0 Å². The van der Waals surface area contributed by atoms with Crippen LogP contribution in [0.2, 0.25) is 0 Å². The van der Waals surface area contributed by atoms with Gasteiger partial charge in [-0.3, -0.25) is 0 Å². The maximum atomic E-state index is 2.50. The van der Waals surface area contributed by atoms with Crippen LogP contribution in [-0.4, -0.2) is 4.57 Å². The highest BCUT2D eigenvalue weighted by molar-refractivity contribution is 6.13. The zero-order chi connectivity index (χ0) is 37.8. The Morgan fingerprint density at radius 2 is 0.877 bits per heavy atom. The molecule has 0 N–H and O–H groups in total. The number of hydrogen-bond donors (Lipinski definition) is 0. The van der Waals surface area contributed by atoms with Crippen LogP contribution >= 0.6 is 0 Å². The van der Waals surface area contributed by atoms with Gasteiger partial charge in [0.1, 0.15) is 0 Å². The largest absolute Gasteiger partial charge is 0.310 e. The zero-order valence-corrected chi connectivity index (χ0v) is 31.3. The predicted octanol–water partition coefficient (Wildman–Crippen LogP) is 14.3. The van der Waals surface area contributed by atoms with Gasteiger partial charge in [0, 0.05) is 33.5 Å². The molecule has 2 heteroatoms. The summed E-state index contributed by atoms with van der Waals surface area (Å²) < 4.78 is 2.50. The topological polar surface area (TPSA) is 8.17 Å². The number of para-hydroxylation sites is 3. The molecule has 9 aromatic carbocycles. The molecule has 1 aliphatic carbocycles. The summed E-state index contributed by atoms with van der Waals surface area (Å²) in [5, 5.41) is 2.42. The van der Waals surface area contributed by atoms with Gasteiger partial charge in [-0.25, -0.2) is 0 Å². The molecule has 1 heterocycles. The first-order valence-corrected chi connectivity index (χ1v) is 19.7. The lowest BCUT2D eigenvalue weighted by molar-refractivity contribution is 0.772. The molecule has 0 atom stereocenters. The molecule has 1 aromatic heterocycles. The first kappa shape index (κ1) is 33.0. The Kier molecular flexibility index (Phi) is 7.75. The second kappa shape index (κ2) is 13.4. The lowest BCUT2D eigenvalue weighted by atomic mass is 9.67. The predicted molar refractivity (Wildman–Crippen MR) is 238 cm³/mol. The standard InChI is InChI=1S/C55H38N2/c1-5-19-39(20-6-1)40-21-17-28-44(37-40)56(42-24-9-3-10-25-42)45-35-36-53-49(38-45)48-31-18-34-52(54(48)57(53)43-26-11-4-12-27-43)55(41-22-7-2-8-23-41)50-32-15-13-29-46(50)47-30-14-16-33-51(47)55/h1-38H. The minimum Gasteiger partial charge on any atom is -0.310 e. The highest BCUT2D eigenvalue weighted by Crippen LogP contribution is 2.58. The van der Waals surface area contributed by atoms with Gasteiger partial charge in [-0.1, -0.05) is 176 Å². The van der Waals surface area contributed by atoms with Gasteiger partial charge in [-0.2, -0.15) is 0 Å². The van der Waals surface area contributed by atoms with E-state index in [0.717, 1.165) is 22.7 Å². The molecule has 0 saturated carbocycles. The highest BCUT2D eigenvalue weighted by atomic mass is 15.1. The van der Waals surface area contributed by atoms with Crippen molar-refractivity contribution in [3.63, 3.8) is 0 Å². The van der Waals surface area contributed by atoms with Crippen molar-refractivity contribution in [3.05, 3.63) is 253 Å². The van der Waals surface area contributed by atoms with E-state index in [2.05, 4.69) is 240 Å². The fourth-order valence-corrected chi connectivity index (χ4v) is 9.50. The third kappa shape index (κ3) is 5.11. The monoisotopic (exact) mass is 726 g/mol. The van der Waals surface area contributed by atoms with Crippen molar-refractivity contribution in [2.75, 3.05) is 4.90 Å². The lowest BCUT2D eigenvalue weighted by Gasteiger charge is -2.34. The van der Waals surface area contributed by atoms with Crippen LogP contribution in [-0.2, 0) is 5.41 Å². The van der Waals surface area contributed by atoms with Gasteiger partial charge in [0.25, 0.3) is 0 Å². The van der Waals surface area contributed by atoms with Crippen molar-refractivity contribution in [2.24, 2.45) is 0 Å². The Morgan fingerprint density at radius 3 is 1.58 bits per heavy atom. The second-order valence-corrected chi connectivity index (χ2v) is 14.9. The van der Waals surface area contributed by atoms with Crippen LogP contribution in [0.25, 0.3) is 49.7 Å². The van der Waals surface area contributed by atoms with Gasteiger partial charge < -0.3 is 9.47 Å². The summed E-state index contributed by atoms with van der Waals surface area (Å²) in [7, 11) is 0. The molecule has 0 aliphatic heterocycles. The molecule has 0 fully saturated rings. The number of nitrogens with zero attached hydrogens (tertiary/aromatic N) is 2. The number of fused-ring (bicyclic) bond motifs is 6. The first-order chi connectivity index (χ1) is 28.3. The summed E-state index contributed by atoms with van der Waals surface area (Å²) in [6, 6.07) is 84.2. The molecule has 0 unspecified atom stereocenters. The maximum Gasteiger partial charge on any atom is 0.0734 e. The Labute approximate surface area is 333 Å². The minimum atomic E-state index is -0.550. The van der Waals surface area contributed by atoms with E-state index in [1.54, 1.807) is 0 Å². The van der Waals surface area contributed by atoms with E-state index in [1.807, 2.05) is 0 Å². The van der Waals surface area contributed by atoms with E-state index in [-0.39, 0.29) is 0 Å². The SMILES string of the molecule is c1ccc(-c2cccc(N(c3ccccc3)c3ccc4c(c3)c3cccc(C5(c6ccccc6)c6ccccc6-c6ccccc65)c3n4-c3ccccc3)c2)cc1. The lowest BCUT2D eigenvalue weighted by Crippen LogP contribution is -2.29. The average molecular weight is 727 g/mol. The summed E-state index contributed by atoms with van der Waals surface area (Å²) >= 11 is 0. The van der Waals surface area contributed by atoms with E-state index in [9.17, 15) is 0 Å². The van der Waals surface area contributed by atoms with Crippen molar-refractivity contribution in [3.8, 4) is 27.9 Å².